The Labute approximate surface area is 162 Å². The van der Waals surface area contributed by atoms with E-state index in [2.05, 4.69) is 6.07 Å². The van der Waals surface area contributed by atoms with Gasteiger partial charge in [-0.3, -0.25) is 0 Å². The number of carbonyl (C=O) groups is 2. The van der Waals surface area contributed by atoms with Crippen molar-refractivity contribution in [3.63, 3.8) is 0 Å². The molecule has 2 unspecified atom stereocenters. The molecule has 2 fully saturated rings. The van der Waals surface area contributed by atoms with Crippen LogP contribution >= 0.6 is 0 Å². The Kier molecular flexibility index (Phi) is 5.78. The molecule has 1 aromatic carbocycles. The Hall–Kier alpha value is -2.04. The number of hydrogen-bond acceptors (Lipinski definition) is 4. The zero-order valence-electron chi connectivity index (χ0n) is 16.9. The third-order valence-corrected chi connectivity index (χ3v) is 5.40. The number of carbonyl (C=O) groups excluding carboxylic acids is 2. The molecule has 5 nitrogen and oxygen atoms in total. The molecule has 3 rings (SSSR count). The lowest BCUT2D eigenvalue weighted by Crippen LogP contribution is -2.48. The van der Waals surface area contributed by atoms with E-state index in [-0.39, 0.29) is 24.1 Å². The Morgan fingerprint density at radius 2 is 1.81 bits per heavy atom. The van der Waals surface area contributed by atoms with Crippen LogP contribution in [0.2, 0.25) is 0 Å². The molecule has 2 saturated heterocycles. The van der Waals surface area contributed by atoms with E-state index in [0.29, 0.717) is 18.1 Å². The van der Waals surface area contributed by atoms with Crippen LogP contribution in [0.3, 0.4) is 0 Å². The van der Waals surface area contributed by atoms with Crippen LogP contribution in [0.1, 0.15) is 69.3 Å². The van der Waals surface area contributed by atoms with Gasteiger partial charge in [0.2, 0.25) is 0 Å². The first-order chi connectivity index (χ1) is 12.8. The zero-order chi connectivity index (χ0) is 19.6. The summed E-state index contributed by atoms with van der Waals surface area (Å²) in [4.78, 5) is 26.5. The van der Waals surface area contributed by atoms with Crippen LogP contribution in [0.5, 0.6) is 0 Å². The fourth-order valence-corrected chi connectivity index (χ4v) is 4.44. The first-order valence-electron chi connectivity index (χ1n) is 10.0. The average Bonchev–Trinajstić information content (AvgIpc) is 2.85. The lowest BCUT2D eigenvalue weighted by atomic mass is 9.85. The first-order valence-corrected chi connectivity index (χ1v) is 10.0. The molecule has 2 aliphatic heterocycles. The van der Waals surface area contributed by atoms with Crippen LogP contribution in [0, 0.1) is 5.92 Å². The molecule has 0 saturated carbocycles. The van der Waals surface area contributed by atoms with Gasteiger partial charge in [-0.05, 0) is 83.4 Å². The summed E-state index contributed by atoms with van der Waals surface area (Å²) in [6.07, 6.45) is 4.88. The van der Waals surface area contributed by atoms with Crippen LogP contribution in [0.4, 0.5) is 4.79 Å². The molecule has 0 radical (unpaired) electrons. The highest BCUT2D eigenvalue weighted by Gasteiger charge is 2.44. The maximum absolute atomic E-state index is 12.6. The van der Waals surface area contributed by atoms with Gasteiger partial charge < -0.3 is 14.4 Å². The Morgan fingerprint density at radius 3 is 2.41 bits per heavy atom. The maximum atomic E-state index is 12.6. The fourth-order valence-electron chi connectivity index (χ4n) is 4.44. The minimum absolute atomic E-state index is 0.169. The van der Waals surface area contributed by atoms with Gasteiger partial charge in [0, 0.05) is 12.1 Å². The first kappa shape index (κ1) is 19.7. The average molecular weight is 373 g/mol. The smallest absolute Gasteiger partial charge is 0.410 e. The Balaban J connectivity index is 1.63. The normalized spacial score (nSPS) is 24.6. The number of ether oxygens (including phenoxy) is 2. The largest absolute Gasteiger partial charge is 0.462 e. The number of piperidine rings is 1. The van der Waals surface area contributed by atoms with E-state index in [4.69, 9.17) is 9.47 Å². The van der Waals surface area contributed by atoms with Crippen molar-refractivity contribution in [2.75, 3.05) is 6.61 Å². The minimum Gasteiger partial charge on any atom is -0.462 e. The molecule has 1 amide bonds. The van der Waals surface area contributed by atoms with Crippen molar-refractivity contribution >= 4 is 12.1 Å². The SMILES string of the molecule is CCOC(=O)c1cccc(CC2CC3CCC(C2)N3C(=O)OC(C)(C)C)c1. The van der Waals surface area contributed by atoms with Crippen molar-refractivity contribution in [2.45, 2.75) is 77.5 Å². The van der Waals surface area contributed by atoms with E-state index in [1.54, 1.807) is 6.07 Å². The molecule has 27 heavy (non-hydrogen) atoms. The van der Waals surface area contributed by atoms with Gasteiger partial charge in [-0.25, -0.2) is 9.59 Å². The molecule has 2 atom stereocenters. The molecular weight excluding hydrogens is 342 g/mol. The maximum Gasteiger partial charge on any atom is 0.410 e. The van der Waals surface area contributed by atoms with Gasteiger partial charge in [0.15, 0.2) is 0 Å². The highest BCUT2D eigenvalue weighted by molar-refractivity contribution is 5.89. The van der Waals surface area contributed by atoms with Crippen LogP contribution in [0.25, 0.3) is 0 Å². The summed E-state index contributed by atoms with van der Waals surface area (Å²) in [7, 11) is 0. The van der Waals surface area contributed by atoms with Gasteiger partial charge in [-0.1, -0.05) is 12.1 Å². The van der Waals surface area contributed by atoms with Gasteiger partial charge in [0.05, 0.1) is 12.2 Å². The highest BCUT2D eigenvalue weighted by Crippen LogP contribution is 2.40. The number of hydrogen-bond donors (Lipinski definition) is 0. The van der Waals surface area contributed by atoms with Crippen LogP contribution in [-0.2, 0) is 15.9 Å². The van der Waals surface area contributed by atoms with Gasteiger partial charge in [-0.2, -0.15) is 0 Å². The molecule has 2 heterocycles. The molecule has 0 aromatic heterocycles. The number of nitrogens with zero attached hydrogens (tertiary/aromatic N) is 1. The van der Waals surface area contributed by atoms with E-state index in [1.165, 1.54) is 0 Å². The van der Waals surface area contributed by atoms with E-state index in [0.717, 1.165) is 37.7 Å². The van der Waals surface area contributed by atoms with Gasteiger partial charge in [0.25, 0.3) is 0 Å². The van der Waals surface area contributed by atoms with E-state index in [1.807, 2.05) is 44.7 Å². The zero-order valence-corrected chi connectivity index (χ0v) is 16.9. The molecule has 2 bridgehead atoms. The predicted octanol–water partition coefficient (Wildman–Crippen LogP) is 4.58. The van der Waals surface area contributed by atoms with Crippen molar-refractivity contribution in [3.05, 3.63) is 35.4 Å². The van der Waals surface area contributed by atoms with Crippen LogP contribution in [-0.4, -0.2) is 41.3 Å². The van der Waals surface area contributed by atoms with Crippen molar-refractivity contribution in [2.24, 2.45) is 5.92 Å². The summed E-state index contributed by atoms with van der Waals surface area (Å²) in [5, 5.41) is 0. The van der Waals surface area contributed by atoms with Crippen molar-refractivity contribution in [3.8, 4) is 0 Å². The quantitative estimate of drug-likeness (QED) is 0.725. The Morgan fingerprint density at radius 1 is 1.15 bits per heavy atom. The third-order valence-electron chi connectivity index (χ3n) is 5.40. The third kappa shape index (κ3) is 4.82. The number of rotatable bonds is 4. The molecule has 0 N–H and O–H groups in total. The summed E-state index contributed by atoms with van der Waals surface area (Å²) in [5.41, 5.74) is 1.32. The van der Waals surface area contributed by atoms with Gasteiger partial charge in [-0.15, -0.1) is 0 Å². The molecular formula is C22H31NO4. The van der Waals surface area contributed by atoms with Crippen molar-refractivity contribution in [1.82, 2.24) is 4.90 Å². The van der Waals surface area contributed by atoms with E-state index in [9.17, 15) is 9.59 Å². The van der Waals surface area contributed by atoms with Crippen molar-refractivity contribution < 1.29 is 19.1 Å². The van der Waals surface area contributed by atoms with E-state index >= 15 is 0 Å². The topological polar surface area (TPSA) is 55.8 Å². The molecule has 2 aliphatic rings. The second-order valence-corrected chi connectivity index (χ2v) is 8.74. The number of amides is 1. The summed E-state index contributed by atoms with van der Waals surface area (Å²) >= 11 is 0. The number of fused-ring (bicyclic) bond motifs is 2. The summed E-state index contributed by atoms with van der Waals surface area (Å²) in [6, 6.07) is 8.29. The number of benzene rings is 1. The minimum atomic E-state index is -0.457. The Bertz CT molecular complexity index is 680. The van der Waals surface area contributed by atoms with Gasteiger partial charge >= 0.3 is 12.1 Å². The molecule has 148 valence electrons. The summed E-state index contributed by atoms with van der Waals surface area (Å²) in [6.45, 7) is 7.94. The molecule has 1 aromatic rings. The molecule has 5 heteroatoms. The van der Waals surface area contributed by atoms with Gasteiger partial charge in [0.1, 0.15) is 5.60 Å². The highest BCUT2D eigenvalue weighted by atomic mass is 16.6. The van der Waals surface area contributed by atoms with Crippen LogP contribution in [0.15, 0.2) is 24.3 Å². The van der Waals surface area contributed by atoms with E-state index < -0.39 is 5.60 Å². The second kappa shape index (κ2) is 7.91. The molecule has 0 aliphatic carbocycles. The standard InChI is InChI=1S/C22H31NO4/c1-5-26-20(24)17-8-6-7-15(12-17)11-16-13-18-9-10-19(14-16)23(18)21(25)27-22(2,3)4/h6-8,12,16,18-19H,5,9-11,13-14H2,1-4H3. The predicted molar refractivity (Wildman–Crippen MR) is 104 cm³/mol. The lowest BCUT2D eigenvalue weighted by molar-refractivity contribution is 0.00213. The van der Waals surface area contributed by atoms with Crippen LogP contribution < -0.4 is 0 Å². The monoisotopic (exact) mass is 373 g/mol. The molecule has 0 spiro atoms. The summed E-state index contributed by atoms with van der Waals surface area (Å²) in [5.74, 6) is 0.262. The number of esters is 1. The second-order valence-electron chi connectivity index (χ2n) is 8.74. The summed E-state index contributed by atoms with van der Waals surface area (Å²) < 4.78 is 10.7. The fraction of sp³-hybridized carbons (Fsp3) is 0.636. The van der Waals surface area contributed by atoms with Crippen molar-refractivity contribution in [1.29, 1.82) is 0 Å². The lowest BCUT2D eigenvalue weighted by Gasteiger charge is -2.39.